The molecule has 82 valence electrons. The van der Waals surface area contributed by atoms with Crippen molar-refractivity contribution in [2.75, 3.05) is 6.54 Å². The fourth-order valence-corrected chi connectivity index (χ4v) is 1.32. The molecule has 0 aromatic heterocycles. The zero-order chi connectivity index (χ0) is 11.8. The van der Waals surface area contributed by atoms with Gasteiger partial charge in [0.2, 0.25) is 0 Å². The Morgan fingerprint density at radius 3 is 2.75 bits per heavy atom. The van der Waals surface area contributed by atoms with Crippen LogP contribution in [0.15, 0.2) is 43.0 Å². The van der Waals surface area contributed by atoms with Gasteiger partial charge in [0.15, 0.2) is 0 Å². The average molecular weight is 214 g/mol. The number of carbonyl (C=O) groups is 1. The molecule has 3 heteroatoms. The maximum atomic E-state index is 11.6. The van der Waals surface area contributed by atoms with Crippen molar-refractivity contribution in [2.24, 2.45) is 0 Å². The van der Waals surface area contributed by atoms with Crippen molar-refractivity contribution in [3.63, 3.8) is 0 Å². The van der Waals surface area contributed by atoms with Gasteiger partial charge in [0.25, 0.3) is 0 Å². The van der Waals surface area contributed by atoms with Gasteiger partial charge in [-0.15, -0.1) is 6.58 Å². The van der Waals surface area contributed by atoms with Crippen LogP contribution < -0.4 is 5.32 Å². The van der Waals surface area contributed by atoms with Crippen LogP contribution in [0.25, 0.3) is 4.85 Å². The number of benzene rings is 1. The van der Waals surface area contributed by atoms with E-state index >= 15 is 0 Å². The van der Waals surface area contributed by atoms with E-state index in [2.05, 4.69) is 16.7 Å². The molecule has 0 saturated heterocycles. The van der Waals surface area contributed by atoms with Crippen molar-refractivity contribution in [3.05, 3.63) is 60.0 Å². The minimum Gasteiger partial charge on any atom is -0.346 e. The summed E-state index contributed by atoms with van der Waals surface area (Å²) in [6.45, 7) is 10.9. The van der Waals surface area contributed by atoms with Gasteiger partial charge in [-0.3, -0.25) is 4.79 Å². The van der Waals surface area contributed by atoms with Crippen molar-refractivity contribution in [3.8, 4) is 0 Å². The lowest BCUT2D eigenvalue weighted by molar-refractivity contribution is -0.121. The summed E-state index contributed by atoms with van der Waals surface area (Å²) in [5.41, 5.74) is 0.997. The molecule has 1 rings (SSSR count). The lowest BCUT2D eigenvalue weighted by Crippen LogP contribution is -2.34. The van der Waals surface area contributed by atoms with Gasteiger partial charge in [-0.05, 0) is 5.56 Å². The van der Waals surface area contributed by atoms with E-state index in [1.165, 1.54) is 0 Å². The number of hydrogen-bond donors (Lipinski definition) is 1. The Balaban J connectivity index is 2.59. The zero-order valence-corrected chi connectivity index (χ0v) is 9.02. The molecule has 0 saturated carbocycles. The summed E-state index contributed by atoms with van der Waals surface area (Å²) >= 11 is 0. The highest BCUT2D eigenvalue weighted by Gasteiger charge is 2.22. The number of hydrogen-bond acceptors (Lipinski definition) is 1. The summed E-state index contributed by atoms with van der Waals surface area (Å²) in [5.74, 6) is -0.237. The highest BCUT2D eigenvalue weighted by atomic mass is 16.2. The molecule has 0 spiro atoms. The molecule has 0 unspecified atom stereocenters. The van der Waals surface area contributed by atoms with Crippen molar-refractivity contribution >= 4 is 5.91 Å². The van der Waals surface area contributed by atoms with Crippen LogP contribution in [-0.4, -0.2) is 18.5 Å². The van der Waals surface area contributed by atoms with Crippen molar-refractivity contribution in [1.82, 2.24) is 5.32 Å². The van der Waals surface area contributed by atoms with Gasteiger partial charge in [-0.25, -0.2) is 6.57 Å². The Labute approximate surface area is 95.6 Å². The predicted octanol–water partition coefficient (Wildman–Crippen LogP) is 1.82. The molecule has 0 aliphatic rings. The largest absolute Gasteiger partial charge is 0.346 e. The molecule has 1 aromatic rings. The van der Waals surface area contributed by atoms with Crippen LogP contribution in [-0.2, 0) is 11.2 Å². The molecule has 0 aliphatic heterocycles. The SMILES string of the molecule is [C-]#[N+][C@@H](Cc1ccccc1)C(=O)NCC=C. The summed E-state index contributed by atoms with van der Waals surface area (Å²) in [4.78, 5) is 14.9. The molecule has 0 radical (unpaired) electrons. The van der Waals surface area contributed by atoms with Gasteiger partial charge in [0, 0.05) is 6.54 Å². The molecule has 0 aliphatic carbocycles. The molecule has 0 heterocycles. The standard InChI is InChI=1S/C13H14N2O/c1-3-9-15-13(16)12(14-2)10-11-7-5-4-6-8-11/h3-8,12H,1,9-10H2,(H,15,16)/t12-/m0/s1. The quantitative estimate of drug-likeness (QED) is 0.588. The number of rotatable bonds is 5. The fourth-order valence-electron chi connectivity index (χ4n) is 1.32. The monoisotopic (exact) mass is 214 g/mol. The van der Waals surface area contributed by atoms with Crippen molar-refractivity contribution in [1.29, 1.82) is 0 Å². The Morgan fingerprint density at radius 1 is 1.50 bits per heavy atom. The first kappa shape index (κ1) is 12.0. The predicted molar refractivity (Wildman–Crippen MR) is 63.7 cm³/mol. The van der Waals surface area contributed by atoms with E-state index in [4.69, 9.17) is 6.57 Å². The number of nitrogens with zero attached hydrogens (tertiary/aromatic N) is 1. The minimum absolute atomic E-state index is 0.237. The van der Waals surface area contributed by atoms with Crippen LogP contribution >= 0.6 is 0 Å². The third-order valence-corrected chi connectivity index (χ3v) is 2.15. The van der Waals surface area contributed by atoms with Gasteiger partial charge >= 0.3 is 11.9 Å². The molecule has 1 atom stereocenters. The van der Waals surface area contributed by atoms with Crippen LogP contribution in [0.5, 0.6) is 0 Å². The van der Waals surface area contributed by atoms with Gasteiger partial charge in [0.1, 0.15) is 0 Å². The first-order chi connectivity index (χ1) is 7.77. The second kappa shape index (κ2) is 6.41. The molecule has 1 amide bonds. The van der Waals surface area contributed by atoms with Crippen LogP contribution in [0.3, 0.4) is 0 Å². The maximum Gasteiger partial charge on any atom is 0.304 e. The minimum atomic E-state index is -0.651. The fraction of sp³-hybridized carbons (Fsp3) is 0.231. The van der Waals surface area contributed by atoms with Crippen LogP contribution in [0.4, 0.5) is 0 Å². The van der Waals surface area contributed by atoms with Gasteiger partial charge in [0.05, 0.1) is 6.42 Å². The highest BCUT2D eigenvalue weighted by Crippen LogP contribution is 2.05. The Bertz CT molecular complexity index is 392. The van der Waals surface area contributed by atoms with E-state index in [9.17, 15) is 4.79 Å². The third-order valence-electron chi connectivity index (χ3n) is 2.15. The van der Waals surface area contributed by atoms with Crippen LogP contribution in [0.1, 0.15) is 5.56 Å². The summed E-state index contributed by atoms with van der Waals surface area (Å²) in [5, 5.41) is 2.63. The van der Waals surface area contributed by atoms with E-state index in [-0.39, 0.29) is 5.91 Å². The van der Waals surface area contributed by atoms with Crippen molar-refractivity contribution < 1.29 is 4.79 Å². The van der Waals surface area contributed by atoms with Crippen LogP contribution in [0, 0.1) is 6.57 Å². The maximum absolute atomic E-state index is 11.6. The molecular formula is C13H14N2O. The van der Waals surface area contributed by atoms with Gasteiger partial charge in [-0.1, -0.05) is 36.4 Å². The van der Waals surface area contributed by atoms with E-state index in [0.29, 0.717) is 13.0 Å². The summed E-state index contributed by atoms with van der Waals surface area (Å²) in [6, 6.07) is 8.89. The van der Waals surface area contributed by atoms with E-state index < -0.39 is 6.04 Å². The number of nitrogens with one attached hydrogen (secondary N) is 1. The van der Waals surface area contributed by atoms with E-state index in [1.54, 1.807) is 6.08 Å². The number of amides is 1. The summed E-state index contributed by atoms with van der Waals surface area (Å²) in [7, 11) is 0. The smallest absolute Gasteiger partial charge is 0.304 e. The van der Waals surface area contributed by atoms with E-state index in [1.807, 2.05) is 30.3 Å². The third kappa shape index (κ3) is 3.58. The molecule has 0 fully saturated rings. The second-order valence-corrected chi connectivity index (χ2v) is 3.37. The van der Waals surface area contributed by atoms with E-state index in [0.717, 1.165) is 5.56 Å². The Hall–Kier alpha value is -2.08. The lowest BCUT2D eigenvalue weighted by Gasteiger charge is -2.05. The zero-order valence-electron chi connectivity index (χ0n) is 9.02. The number of carbonyl (C=O) groups excluding carboxylic acids is 1. The molecule has 1 aromatic carbocycles. The average Bonchev–Trinajstić information content (AvgIpc) is 2.34. The van der Waals surface area contributed by atoms with Gasteiger partial charge in [-0.2, -0.15) is 0 Å². The highest BCUT2D eigenvalue weighted by molar-refractivity contribution is 5.83. The summed E-state index contributed by atoms with van der Waals surface area (Å²) < 4.78 is 0. The topological polar surface area (TPSA) is 33.5 Å². The summed E-state index contributed by atoms with van der Waals surface area (Å²) in [6.07, 6.45) is 2.05. The Morgan fingerprint density at radius 2 is 2.19 bits per heavy atom. The van der Waals surface area contributed by atoms with Gasteiger partial charge < -0.3 is 10.2 Å². The lowest BCUT2D eigenvalue weighted by atomic mass is 10.1. The Kier molecular flexibility index (Phi) is 4.81. The molecule has 1 N–H and O–H groups in total. The molecule has 0 bridgehead atoms. The first-order valence-corrected chi connectivity index (χ1v) is 5.07. The molecular weight excluding hydrogens is 200 g/mol. The second-order valence-electron chi connectivity index (χ2n) is 3.37. The first-order valence-electron chi connectivity index (χ1n) is 5.07. The van der Waals surface area contributed by atoms with Crippen molar-refractivity contribution in [2.45, 2.75) is 12.5 Å². The molecule has 3 nitrogen and oxygen atoms in total. The molecule has 16 heavy (non-hydrogen) atoms. The van der Waals surface area contributed by atoms with Crippen LogP contribution in [0.2, 0.25) is 0 Å². The normalized spacial score (nSPS) is 11.2.